The second-order valence-corrected chi connectivity index (χ2v) is 7.40. The topological polar surface area (TPSA) is 69.9 Å². The standard InChI is InChI=1S/C19H30N4O3/c1-15-17(16(2)26-20-15)6-7-18(24)23-12-10-21(11-13-23)14-19(25)22-8-4-3-5-9-22/h3-14H2,1-2H3. The first-order chi connectivity index (χ1) is 12.5. The molecule has 0 bridgehead atoms. The monoisotopic (exact) mass is 362 g/mol. The van der Waals surface area contributed by atoms with Crippen molar-refractivity contribution in [3.05, 3.63) is 17.0 Å². The van der Waals surface area contributed by atoms with Crippen LogP contribution in [0.5, 0.6) is 0 Å². The molecule has 7 nitrogen and oxygen atoms in total. The van der Waals surface area contributed by atoms with Gasteiger partial charge in [-0.25, -0.2) is 0 Å². The molecule has 0 unspecified atom stereocenters. The molecule has 0 aliphatic carbocycles. The Balaban J connectivity index is 1.40. The summed E-state index contributed by atoms with van der Waals surface area (Å²) >= 11 is 0. The van der Waals surface area contributed by atoms with Crippen LogP contribution >= 0.6 is 0 Å². The van der Waals surface area contributed by atoms with E-state index >= 15 is 0 Å². The van der Waals surface area contributed by atoms with Gasteiger partial charge in [-0.05, 0) is 39.5 Å². The lowest BCUT2D eigenvalue weighted by Crippen LogP contribution is -2.52. The van der Waals surface area contributed by atoms with Crippen molar-refractivity contribution in [3.8, 4) is 0 Å². The summed E-state index contributed by atoms with van der Waals surface area (Å²) in [5.74, 6) is 1.21. The minimum atomic E-state index is 0.173. The third-order valence-electron chi connectivity index (χ3n) is 5.56. The maximum Gasteiger partial charge on any atom is 0.236 e. The third-order valence-corrected chi connectivity index (χ3v) is 5.56. The van der Waals surface area contributed by atoms with Crippen LogP contribution in [0.2, 0.25) is 0 Å². The van der Waals surface area contributed by atoms with Gasteiger partial charge in [0.1, 0.15) is 5.76 Å². The third kappa shape index (κ3) is 4.63. The Labute approximate surface area is 155 Å². The lowest BCUT2D eigenvalue weighted by Gasteiger charge is -2.36. The number of carbonyl (C=O) groups excluding carboxylic acids is 2. The van der Waals surface area contributed by atoms with Gasteiger partial charge in [-0.1, -0.05) is 5.16 Å². The molecule has 2 saturated heterocycles. The van der Waals surface area contributed by atoms with Crippen LogP contribution in [0, 0.1) is 13.8 Å². The second-order valence-electron chi connectivity index (χ2n) is 7.40. The van der Waals surface area contributed by atoms with E-state index in [2.05, 4.69) is 10.1 Å². The maximum atomic E-state index is 12.5. The summed E-state index contributed by atoms with van der Waals surface area (Å²) < 4.78 is 5.16. The van der Waals surface area contributed by atoms with Crippen molar-refractivity contribution < 1.29 is 14.1 Å². The van der Waals surface area contributed by atoms with Gasteiger partial charge >= 0.3 is 0 Å². The van der Waals surface area contributed by atoms with E-state index in [1.165, 1.54) is 6.42 Å². The zero-order chi connectivity index (χ0) is 18.5. The molecule has 2 amide bonds. The molecule has 144 valence electrons. The number of piperidine rings is 1. The van der Waals surface area contributed by atoms with Gasteiger partial charge in [0.2, 0.25) is 11.8 Å². The summed E-state index contributed by atoms with van der Waals surface area (Å²) in [5.41, 5.74) is 1.92. The highest BCUT2D eigenvalue weighted by molar-refractivity contribution is 5.78. The minimum Gasteiger partial charge on any atom is -0.361 e. The van der Waals surface area contributed by atoms with Crippen LogP contribution in [0.4, 0.5) is 0 Å². The molecule has 0 saturated carbocycles. The van der Waals surface area contributed by atoms with Crippen LogP contribution < -0.4 is 0 Å². The zero-order valence-corrected chi connectivity index (χ0v) is 16.0. The van der Waals surface area contributed by atoms with Gasteiger partial charge in [0.05, 0.1) is 12.2 Å². The van der Waals surface area contributed by atoms with Crippen molar-refractivity contribution in [1.29, 1.82) is 0 Å². The van der Waals surface area contributed by atoms with Gasteiger partial charge in [-0.2, -0.15) is 0 Å². The number of aromatic nitrogens is 1. The first-order valence-corrected chi connectivity index (χ1v) is 9.74. The number of nitrogens with zero attached hydrogens (tertiary/aromatic N) is 4. The van der Waals surface area contributed by atoms with Gasteiger partial charge in [0, 0.05) is 51.3 Å². The molecule has 0 atom stereocenters. The van der Waals surface area contributed by atoms with Crippen LogP contribution in [0.3, 0.4) is 0 Å². The highest BCUT2D eigenvalue weighted by Gasteiger charge is 2.25. The second kappa shape index (κ2) is 8.66. The molecule has 2 aliphatic heterocycles. The van der Waals surface area contributed by atoms with E-state index < -0.39 is 0 Å². The Bertz CT molecular complexity index is 609. The molecule has 26 heavy (non-hydrogen) atoms. The molecule has 2 aliphatic rings. The van der Waals surface area contributed by atoms with E-state index in [-0.39, 0.29) is 11.8 Å². The number of carbonyl (C=O) groups is 2. The van der Waals surface area contributed by atoms with E-state index in [4.69, 9.17) is 4.52 Å². The van der Waals surface area contributed by atoms with E-state index in [1.807, 2.05) is 23.6 Å². The van der Waals surface area contributed by atoms with Gasteiger partial charge in [-0.15, -0.1) is 0 Å². The van der Waals surface area contributed by atoms with Gasteiger partial charge in [0.25, 0.3) is 0 Å². The minimum absolute atomic E-state index is 0.173. The number of likely N-dealkylation sites (tertiary alicyclic amines) is 1. The van der Waals surface area contributed by atoms with Crippen LogP contribution in [-0.4, -0.2) is 77.5 Å². The van der Waals surface area contributed by atoms with Gasteiger partial charge < -0.3 is 14.3 Å². The van der Waals surface area contributed by atoms with E-state index in [0.717, 1.165) is 56.0 Å². The zero-order valence-electron chi connectivity index (χ0n) is 16.0. The molecule has 0 spiro atoms. The average molecular weight is 362 g/mol. The molecule has 1 aromatic heterocycles. The smallest absolute Gasteiger partial charge is 0.236 e. The van der Waals surface area contributed by atoms with Gasteiger partial charge in [-0.3, -0.25) is 14.5 Å². The van der Waals surface area contributed by atoms with Crippen molar-refractivity contribution in [2.75, 3.05) is 45.8 Å². The number of piperazine rings is 1. The van der Waals surface area contributed by atoms with Crippen LogP contribution in [-0.2, 0) is 16.0 Å². The molecular weight excluding hydrogens is 332 g/mol. The maximum absolute atomic E-state index is 12.5. The summed E-state index contributed by atoms with van der Waals surface area (Å²) in [6.07, 6.45) is 4.64. The highest BCUT2D eigenvalue weighted by atomic mass is 16.5. The Hall–Kier alpha value is -1.89. The van der Waals surface area contributed by atoms with Crippen molar-refractivity contribution >= 4 is 11.8 Å². The van der Waals surface area contributed by atoms with Crippen LogP contribution in [0.1, 0.15) is 42.7 Å². The number of rotatable bonds is 5. The summed E-state index contributed by atoms with van der Waals surface area (Å²) in [5, 5.41) is 3.94. The van der Waals surface area contributed by atoms with Gasteiger partial charge in [0.15, 0.2) is 0 Å². The molecule has 0 N–H and O–H groups in total. The first-order valence-electron chi connectivity index (χ1n) is 9.74. The lowest BCUT2D eigenvalue weighted by atomic mass is 10.1. The molecule has 0 aromatic carbocycles. The van der Waals surface area contributed by atoms with Crippen LogP contribution in [0.15, 0.2) is 4.52 Å². The molecule has 7 heteroatoms. The summed E-state index contributed by atoms with van der Waals surface area (Å²) in [4.78, 5) is 30.9. The molecule has 3 heterocycles. The Morgan fingerprint density at radius 3 is 2.19 bits per heavy atom. The number of hydrogen-bond donors (Lipinski definition) is 0. The van der Waals surface area contributed by atoms with Crippen LogP contribution in [0.25, 0.3) is 0 Å². The molecule has 3 rings (SSSR count). The Morgan fingerprint density at radius 2 is 1.58 bits per heavy atom. The Morgan fingerprint density at radius 1 is 0.923 bits per heavy atom. The molecule has 2 fully saturated rings. The average Bonchev–Trinajstić information content (AvgIpc) is 2.99. The highest BCUT2D eigenvalue weighted by Crippen LogP contribution is 2.16. The fourth-order valence-electron chi connectivity index (χ4n) is 3.84. The summed E-state index contributed by atoms with van der Waals surface area (Å²) in [7, 11) is 0. The largest absolute Gasteiger partial charge is 0.361 e. The molecule has 0 radical (unpaired) electrons. The fraction of sp³-hybridized carbons (Fsp3) is 0.737. The van der Waals surface area contributed by atoms with E-state index in [0.29, 0.717) is 32.5 Å². The van der Waals surface area contributed by atoms with Crippen molar-refractivity contribution in [2.24, 2.45) is 0 Å². The van der Waals surface area contributed by atoms with Crippen molar-refractivity contribution in [1.82, 2.24) is 19.9 Å². The molecule has 1 aromatic rings. The van der Waals surface area contributed by atoms with Crippen molar-refractivity contribution in [2.45, 2.75) is 46.0 Å². The lowest BCUT2D eigenvalue weighted by molar-refractivity contribution is -0.135. The van der Waals surface area contributed by atoms with E-state index in [9.17, 15) is 9.59 Å². The molecular formula is C19H30N4O3. The normalized spacial score (nSPS) is 19.0. The summed E-state index contributed by atoms with van der Waals surface area (Å²) in [6.45, 7) is 9.04. The predicted octanol–water partition coefficient (Wildman–Crippen LogP) is 1.38. The van der Waals surface area contributed by atoms with E-state index in [1.54, 1.807) is 0 Å². The number of hydrogen-bond acceptors (Lipinski definition) is 5. The SMILES string of the molecule is Cc1noc(C)c1CCC(=O)N1CCN(CC(=O)N2CCCCC2)CC1. The number of aryl methyl sites for hydroxylation is 2. The Kier molecular flexibility index (Phi) is 6.29. The summed E-state index contributed by atoms with van der Waals surface area (Å²) in [6, 6.07) is 0. The fourth-order valence-corrected chi connectivity index (χ4v) is 3.84. The number of amides is 2. The van der Waals surface area contributed by atoms with Crippen molar-refractivity contribution in [3.63, 3.8) is 0 Å². The first kappa shape index (κ1) is 18.9. The predicted molar refractivity (Wildman–Crippen MR) is 97.7 cm³/mol. The quantitative estimate of drug-likeness (QED) is 0.791.